The van der Waals surface area contributed by atoms with Gasteiger partial charge in [0.25, 0.3) is 0 Å². The second-order valence-electron chi connectivity index (χ2n) is 4.75. The highest BCUT2D eigenvalue weighted by Crippen LogP contribution is 2.44. The fraction of sp³-hybridized carbons (Fsp3) is 0.357. The molecule has 0 spiro atoms. The first-order valence-corrected chi connectivity index (χ1v) is 5.92. The van der Waals surface area contributed by atoms with Gasteiger partial charge in [0.15, 0.2) is 0 Å². The van der Waals surface area contributed by atoms with E-state index in [1.54, 1.807) is 0 Å². The van der Waals surface area contributed by atoms with Crippen molar-refractivity contribution in [3.8, 4) is 0 Å². The van der Waals surface area contributed by atoms with Gasteiger partial charge < -0.3 is 9.52 Å². The molecule has 0 amide bonds. The molecule has 0 saturated heterocycles. The van der Waals surface area contributed by atoms with Crippen molar-refractivity contribution in [2.45, 2.75) is 31.6 Å². The summed E-state index contributed by atoms with van der Waals surface area (Å²) in [6, 6.07) is 7.69. The number of carboxylic acids is 1. The van der Waals surface area contributed by atoms with Crippen molar-refractivity contribution < 1.29 is 14.3 Å². The van der Waals surface area contributed by atoms with E-state index in [9.17, 15) is 9.90 Å². The van der Waals surface area contributed by atoms with Gasteiger partial charge in [0.05, 0.1) is 5.92 Å². The molecule has 1 aromatic carbocycles. The second kappa shape index (κ2) is 3.62. The lowest BCUT2D eigenvalue weighted by molar-refractivity contribution is -0.139. The highest BCUT2D eigenvalue weighted by Gasteiger charge is 2.34. The topological polar surface area (TPSA) is 50.4 Å². The largest absolute Gasteiger partial charge is 0.481 e. The zero-order valence-corrected chi connectivity index (χ0v) is 9.64. The lowest BCUT2D eigenvalue weighted by atomic mass is 9.80. The van der Waals surface area contributed by atoms with E-state index in [2.05, 4.69) is 6.92 Å². The number of furan rings is 1. The Morgan fingerprint density at radius 2 is 2.12 bits per heavy atom. The van der Waals surface area contributed by atoms with Crippen molar-refractivity contribution in [2.75, 3.05) is 0 Å². The molecule has 2 atom stereocenters. The monoisotopic (exact) mass is 230 g/mol. The third-order valence-electron chi connectivity index (χ3n) is 3.65. The average Bonchev–Trinajstić information content (AvgIpc) is 2.69. The zero-order chi connectivity index (χ0) is 12.0. The van der Waals surface area contributed by atoms with Gasteiger partial charge in [0.2, 0.25) is 0 Å². The summed E-state index contributed by atoms with van der Waals surface area (Å²) >= 11 is 0. The maximum absolute atomic E-state index is 11.3. The minimum Gasteiger partial charge on any atom is -0.481 e. The predicted molar refractivity (Wildman–Crippen MR) is 64.2 cm³/mol. The highest BCUT2D eigenvalue weighted by molar-refractivity contribution is 5.89. The Balaban J connectivity index is 2.30. The molecule has 1 aromatic heterocycles. The summed E-state index contributed by atoms with van der Waals surface area (Å²) in [5, 5.41) is 10.3. The Hall–Kier alpha value is -1.77. The summed E-state index contributed by atoms with van der Waals surface area (Å²) in [7, 11) is 0. The van der Waals surface area contributed by atoms with Gasteiger partial charge in [-0.25, -0.2) is 0 Å². The first-order valence-electron chi connectivity index (χ1n) is 5.92. The molecule has 0 saturated carbocycles. The molecule has 1 heterocycles. The van der Waals surface area contributed by atoms with E-state index in [1.165, 1.54) is 0 Å². The number of aliphatic carboxylic acids is 1. The predicted octanol–water partition coefficient (Wildman–Crippen LogP) is 3.50. The Morgan fingerprint density at radius 3 is 2.88 bits per heavy atom. The molecule has 3 nitrogen and oxygen atoms in total. The van der Waals surface area contributed by atoms with E-state index in [0.29, 0.717) is 12.3 Å². The summed E-state index contributed by atoms with van der Waals surface area (Å²) in [4.78, 5) is 11.3. The molecule has 3 heteroatoms. The van der Waals surface area contributed by atoms with Crippen molar-refractivity contribution in [1.82, 2.24) is 0 Å². The molecule has 88 valence electrons. The number of carbonyl (C=O) groups is 1. The smallest absolute Gasteiger partial charge is 0.311 e. The summed E-state index contributed by atoms with van der Waals surface area (Å²) in [5.41, 5.74) is 1.70. The van der Waals surface area contributed by atoms with Gasteiger partial charge in [-0.2, -0.15) is 0 Å². The number of carboxylic acid groups (broad SMARTS) is 1. The van der Waals surface area contributed by atoms with Crippen LogP contribution < -0.4 is 0 Å². The van der Waals surface area contributed by atoms with E-state index in [0.717, 1.165) is 28.7 Å². The van der Waals surface area contributed by atoms with Crippen LogP contribution in [0.3, 0.4) is 0 Å². The number of fused-ring (bicyclic) bond motifs is 3. The van der Waals surface area contributed by atoms with E-state index in [1.807, 2.05) is 24.3 Å². The summed E-state index contributed by atoms with van der Waals surface area (Å²) in [6.45, 7) is 2.10. The molecular formula is C14H14O3. The maximum Gasteiger partial charge on any atom is 0.311 e. The Kier molecular flexibility index (Phi) is 2.21. The third kappa shape index (κ3) is 1.46. The second-order valence-corrected chi connectivity index (χ2v) is 4.75. The van der Waals surface area contributed by atoms with Crippen LogP contribution in [0.15, 0.2) is 28.7 Å². The molecule has 1 aliphatic rings. The van der Waals surface area contributed by atoms with Crippen LogP contribution in [0, 0.1) is 0 Å². The van der Waals surface area contributed by atoms with E-state index >= 15 is 0 Å². The first-order chi connectivity index (χ1) is 8.18. The third-order valence-corrected chi connectivity index (χ3v) is 3.65. The summed E-state index contributed by atoms with van der Waals surface area (Å²) in [5.74, 6) is 0.0207. The van der Waals surface area contributed by atoms with Gasteiger partial charge in [-0.15, -0.1) is 0 Å². The molecule has 0 fully saturated rings. The van der Waals surface area contributed by atoms with Crippen molar-refractivity contribution in [3.05, 3.63) is 35.6 Å². The van der Waals surface area contributed by atoms with Crippen molar-refractivity contribution in [1.29, 1.82) is 0 Å². The lowest BCUT2D eigenvalue weighted by Crippen LogP contribution is -2.18. The molecule has 2 aromatic rings. The molecule has 17 heavy (non-hydrogen) atoms. The van der Waals surface area contributed by atoms with Gasteiger partial charge in [-0.3, -0.25) is 4.79 Å². The van der Waals surface area contributed by atoms with Crippen LogP contribution in [0.25, 0.3) is 11.0 Å². The van der Waals surface area contributed by atoms with Crippen LogP contribution in [0.1, 0.15) is 42.9 Å². The van der Waals surface area contributed by atoms with E-state index < -0.39 is 11.9 Å². The van der Waals surface area contributed by atoms with Gasteiger partial charge >= 0.3 is 5.97 Å². The molecule has 1 N–H and O–H groups in total. The van der Waals surface area contributed by atoms with Crippen molar-refractivity contribution >= 4 is 16.9 Å². The lowest BCUT2D eigenvalue weighted by Gasteiger charge is -2.22. The first kappa shape index (κ1) is 10.4. The molecule has 0 bridgehead atoms. The quantitative estimate of drug-likeness (QED) is 0.815. The van der Waals surface area contributed by atoms with Crippen LogP contribution in [0.4, 0.5) is 0 Å². The number of rotatable bonds is 1. The van der Waals surface area contributed by atoms with Crippen molar-refractivity contribution in [2.24, 2.45) is 0 Å². The fourth-order valence-electron chi connectivity index (χ4n) is 2.75. The normalized spacial score (nSPS) is 23.6. The zero-order valence-electron chi connectivity index (χ0n) is 9.64. The van der Waals surface area contributed by atoms with Crippen LogP contribution >= 0.6 is 0 Å². The summed E-state index contributed by atoms with van der Waals surface area (Å²) in [6.07, 6.45) is 1.58. The molecule has 0 aliphatic heterocycles. The number of hydrogen-bond acceptors (Lipinski definition) is 2. The fourth-order valence-corrected chi connectivity index (χ4v) is 2.75. The van der Waals surface area contributed by atoms with E-state index in [4.69, 9.17) is 4.42 Å². The molecular weight excluding hydrogens is 216 g/mol. The van der Waals surface area contributed by atoms with Crippen LogP contribution in [0.5, 0.6) is 0 Å². The van der Waals surface area contributed by atoms with Gasteiger partial charge in [0.1, 0.15) is 11.3 Å². The Labute approximate surface area is 99.0 Å². The van der Waals surface area contributed by atoms with Crippen LogP contribution in [-0.4, -0.2) is 11.1 Å². The minimum atomic E-state index is -0.746. The number of benzene rings is 1. The number of para-hydroxylation sites is 1. The van der Waals surface area contributed by atoms with Gasteiger partial charge in [-0.1, -0.05) is 25.1 Å². The standard InChI is InChI=1S/C14H14O3/c1-8-6-7-10(14(15)16)12-9-4-2-3-5-11(9)17-13(8)12/h2-5,8,10H,6-7H2,1H3,(H,15,16). The van der Waals surface area contributed by atoms with Crippen LogP contribution in [-0.2, 0) is 4.79 Å². The van der Waals surface area contributed by atoms with Gasteiger partial charge in [0, 0.05) is 16.9 Å². The van der Waals surface area contributed by atoms with Gasteiger partial charge in [-0.05, 0) is 18.9 Å². The highest BCUT2D eigenvalue weighted by atomic mass is 16.4. The molecule has 0 radical (unpaired) electrons. The molecule has 2 unspecified atom stereocenters. The Morgan fingerprint density at radius 1 is 1.35 bits per heavy atom. The van der Waals surface area contributed by atoms with E-state index in [-0.39, 0.29) is 0 Å². The maximum atomic E-state index is 11.3. The molecule has 3 rings (SSSR count). The SMILES string of the molecule is CC1CCC(C(=O)O)c2c1oc1ccccc21. The molecule has 1 aliphatic carbocycles. The number of hydrogen-bond donors (Lipinski definition) is 1. The minimum absolute atomic E-state index is 0.313. The average molecular weight is 230 g/mol. The summed E-state index contributed by atoms with van der Waals surface area (Å²) < 4.78 is 5.82. The van der Waals surface area contributed by atoms with Crippen LogP contribution in [0.2, 0.25) is 0 Å². The van der Waals surface area contributed by atoms with Crippen molar-refractivity contribution in [3.63, 3.8) is 0 Å². The Bertz CT molecular complexity index is 582.